The number of carbonyl (C=O) groups excluding carboxylic acids is 1. The van der Waals surface area contributed by atoms with Crippen molar-refractivity contribution in [3.8, 4) is 0 Å². The van der Waals surface area contributed by atoms with Gasteiger partial charge in [0.25, 0.3) is 0 Å². The van der Waals surface area contributed by atoms with Crippen LogP contribution in [0.4, 0.5) is 0 Å². The van der Waals surface area contributed by atoms with Crippen LogP contribution in [-0.4, -0.2) is 10.9 Å². The summed E-state index contributed by atoms with van der Waals surface area (Å²) in [5, 5.41) is 3.74. The Hall–Kier alpha value is -0.900. The topological polar surface area (TPSA) is 42.0 Å². The minimum absolute atomic E-state index is 0.0721. The molecule has 0 radical (unpaired) electrons. The first-order valence-electron chi connectivity index (χ1n) is 3.90. The molecular weight excluding hydrogens is 172 g/mol. The standard InChI is InChI=1S/C8H12N2OS/c1-3-7(11)9-5-8-10-4-6(2)12-8/h4H,3,5H2,1-2H3,(H,9,11). The zero-order valence-electron chi connectivity index (χ0n) is 7.26. The van der Waals surface area contributed by atoms with E-state index in [0.29, 0.717) is 13.0 Å². The second kappa shape index (κ2) is 4.21. The van der Waals surface area contributed by atoms with Crippen molar-refractivity contribution in [3.05, 3.63) is 16.1 Å². The number of rotatable bonds is 3. The third-order valence-electron chi connectivity index (χ3n) is 1.43. The van der Waals surface area contributed by atoms with Crippen molar-refractivity contribution in [1.29, 1.82) is 0 Å². The smallest absolute Gasteiger partial charge is 0.220 e. The summed E-state index contributed by atoms with van der Waals surface area (Å²) in [5.41, 5.74) is 0. The summed E-state index contributed by atoms with van der Waals surface area (Å²) in [4.78, 5) is 16.2. The molecule has 66 valence electrons. The summed E-state index contributed by atoms with van der Waals surface area (Å²) in [5.74, 6) is 0.0721. The van der Waals surface area contributed by atoms with Gasteiger partial charge in [-0.2, -0.15) is 0 Å². The van der Waals surface area contributed by atoms with Crippen LogP contribution in [0.5, 0.6) is 0 Å². The molecule has 1 heterocycles. The van der Waals surface area contributed by atoms with Crippen LogP contribution in [0.25, 0.3) is 0 Å². The van der Waals surface area contributed by atoms with E-state index in [2.05, 4.69) is 10.3 Å². The summed E-state index contributed by atoms with van der Waals surface area (Å²) in [6.07, 6.45) is 2.35. The fourth-order valence-corrected chi connectivity index (χ4v) is 1.51. The lowest BCUT2D eigenvalue weighted by Crippen LogP contribution is -2.21. The van der Waals surface area contributed by atoms with E-state index in [1.165, 1.54) is 4.88 Å². The van der Waals surface area contributed by atoms with Gasteiger partial charge < -0.3 is 5.32 Å². The van der Waals surface area contributed by atoms with E-state index in [0.717, 1.165) is 5.01 Å². The first-order chi connectivity index (χ1) is 5.72. The molecule has 1 aromatic heterocycles. The van der Waals surface area contributed by atoms with E-state index >= 15 is 0 Å². The van der Waals surface area contributed by atoms with Crippen molar-refractivity contribution in [2.75, 3.05) is 0 Å². The minimum Gasteiger partial charge on any atom is -0.350 e. The lowest BCUT2D eigenvalue weighted by Gasteiger charge is -1.98. The van der Waals surface area contributed by atoms with Crippen molar-refractivity contribution in [1.82, 2.24) is 10.3 Å². The molecule has 0 saturated heterocycles. The Kier molecular flexibility index (Phi) is 3.22. The van der Waals surface area contributed by atoms with Crippen LogP contribution in [0, 0.1) is 6.92 Å². The second-order valence-electron chi connectivity index (χ2n) is 2.49. The molecule has 1 N–H and O–H groups in total. The lowest BCUT2D eigenvalue weighted by atomic mass is 10.4. The molecular formula is C8H12N2OS. The molecule has 0 fully saturated rings. The van der Waals surface area contributed by atoms with Crippen LogP contribution in [-0.2, 0) is 11.3 Å². The molecule has 3 nitrogen and oxygen atoms in total. The highest BCUT2D eigenvalue weighted by Crippen LogP contribution is 2.10. The maximum Gasteiger partial charge on any atom is 0.220 e. The van der Waals surface area contributed by atoms with Crippen molar-refractivity contribution >= 4 is 17.2 Å². The van der Waals surface area contributed by atoms with Crippen LogP contribution >= 0.6 is 11.3 Å². The fourth-order valence-electron chi connectivity index (χ4n) is 0.782. The van der Waals surface area contributed by atoms with E-state index in [1.807, 2.05) is 20.0 Å². The highest BCUT2D eigenvalue weighted by molar-refractivity contribution is 7.11. The van der Waals surface area contributed by atoms with E-state index in [-0.39, 0.29) is 5.91 Å². The number of hydrogen-bond acceptors (Lipinski definition) is 3. The first kappa shape index (κ1) is 9.19. The van der Waals surface area contributed by atoms with Crippen molar-refractivity contribution in [3.63, 3.8) is 0 Å². The molecule has 0 atom stereocenters. The summed E-state index contributed by atoms with van der Waals surface area (Å²) in [6, 6.07) is 0. The molecule has 0 spiro atoms. The van der Waals surface area contributed by atoms with E-state index in [4.69, 9.17) is 0 Å². The van der Waals surface area contributed by atoms with Gasteiger partial charge in [0.15, 0.2) is 0 Å². The van der Waals surface area contributed by atoms with E-state index < -0.39 is 0 Å². The molecule has 4 heteroatoms. The van der Waals surface area contributed by atoms with Gasteiger partial charge >= 0.3 is 0 Å². The Balaban J connectivity index is 2.38. The Labute approximate surface area is 75.8 Å². The number of nitrogens with zero attached hydrogens (tertiary/aromatic N) is 1. The van der Waals surface area contributed by atoms with Crippen LogP contribution in [0.3, 0.4) is 0 Å². The molecule has 12 heavy (non-hydrogen) atoms. The van der Waals surface area contributed by atoms with Gasteiger partial charge in [-0.25, -0.2) is 4.98 Å². The Morgan fingerprint density at radius 3 is 3.00 bits per heavy atom. The lowest BCUT2D eigenvalue weighted by molar-refractivity contribution is -0.120. The molecule has 0 unspecified atom stereocenters. The third kappa shape index (κ3) is 2.62. The summed E-state index contributed by atoms with van der Waals surface area (Å²) < 4.78 is 0. The van der Waals surface area contributed by atoms with Crippen molar-refractivity contribution in [2.24, 2.45) is 0 Å². The number of aryl methyl sites for hydroxylation is 1. The molecule has 0 bridgehead atoms. The number of nitrogens with one attached hydrogen (secondary N) is 1. The quantitative estimate of drug-likeness (QED) is 0.773. The molecule has 1 rings (SSSR count). The predicted octanol–water partition coefficient (Wildman–Crippen LogP) is 1.48. The summed E-state index contributed by atoms with van der Waals surface area (Å²) >= 11 is 1.61. The van der Waals surface area contributed by atoms with Gasteiger partial charge in [-0.3, -0.25) is 4.79 Å². The fraction of sp³-hybridized carbons (Fsp3) is 0.500. The second-order valence-corrected chi connectivity index (χ2v) is 3.81. The minimum atomic E-state index is 0.0721. The van der Waals surface area contributed by atoms with Crippen LogP contribution in [0.15, 0.2) is 6.20 Å². The highest BCUT2D eigenvalue weighted by atomic mass is 32.1. The van der Waals surface area contributed by atoms with E-state index in [1.54, 1.807) is 11.3 Å². The Morgan fingerprint density at radius 2 is 2.50 bits per heavy atom. The molecule has 1 amide bonds. The van der Waals surface area contributed by atoms with E-state index in [9.17, 15) is 4.79 Å². The average Bonchev–Trinajstić information content (AvgIpc) is 2.47. The van der Waals surface area contributed by atoms with Crippen LogP contribution in [0.1, 0.15) is 23.2 Å². The zero-order chi connectivity index (χ0) is 8.97. The van der Waals surface area contributed by atoms with Gasteiger partial charge in [0.05, 0.1) is 6.54 Å². The van der Waals surface area contributed by atoms with Gasteiger partial charge in [-0.05, 0) is 6.92 Å². The number of amides is 1. The molecule has 0 aromatic carbocycles. The van der Waals surface area contributed by atoms with Gasteiger partial charge in [0, 0.05) is 17.5 Å². The van der Waals surface area contributed by atoms with Crippen LogP contribution in [0.2, 0.25) is 0 Å². The summed E-state index contributed by atoms with van der Waals surface area (Å²) in [6.45, 7) is 4.40. The predicted molar refractivity (Wildman–Crippen MR) is 49.0 cm³/mol. The molecule has 0 aliphatic heterocycles. The summed E-state index contributed by atoms with van der Waals surface area (Å²) in [7, 11) is 0. The Bertz CT molecular complexity index is 270. The molecule has 0 aliphatic rings. The zero-order valence-corrected chi connectivity index (χ0v) is 8.07. The molecule has 1 aromatic rings. The Morgan fingerprint density at radius 1 is 1.75 bits per heavy atom. The molecule has 0 aliphatic carbocycles. The highest BCUT2D eigenvalue weighted by Gasteiger charge is 2.00. The maximum atomic E-state index is 10.9. The number of carbonyl (C=O) groups is 1. The maximum absolute atomic E-state index is 10.9. The molecule has 0 saturated carbocycles. The largest absolute Gasteiger partial charge is 0.350 e. The SMILES string of the molecule is CCC(=O)NCc1ncc(C)s1. The number of thiazole rings is 1. The van der Waals surface area contributed by atoms with Gasteiger partial charge in [-0.1, -0.05) is 6.92 Å². The number of hydrogen-bond donors (Lipinski definition) is 1. The van der Waals surface area contributed by atoms with Crippen LogP contribution < -0.4 is 5.32 Å². The van der Waals surface area contributed by atoms with Gasteiger partial charge in [-0.15, -0.1) is 11.3 Å². The first-order valence-corrected chi connectivity index (χ1v) is 4.72. The van der Waals surface area contributed by atoms with Gasteiger partial charge in [0.1, 0.15) is 5.01 Å². The normalized spacial score (nSPS) is 9.83. The van der Waals surface area contributed by atoms with Crippen molar-refractivity contribution < 1.29 is 4.79 Å². The average molecular weight is 184 g/mol. The monoisotopic (exact) mass is 184 g/mol. The number of aromatic nitrogens is 1. The van der Waals surface area contributed by atoms with Crippen molar-refractivity contribution in [2.45, 2.75) is 26.8 Å². The van der Waals surface area contributed by atoms with Gasteiger partial charge in [0.2, 0.25) is 5.91 Å². The third-order valence-corrected chi connectivity index (χ3v) is 2.34.